The molecule has 1 rings (SSSR count). The molecule has 0 fully saturated rings. The molecule has 1 aromatic rings. The molecule has 1 amide bonds. The second-order valence-corrected chi connectivity index (χ2v) is 3.31. The molecule has 0 atom stereocenters. The average Bonchev–Trinajstić information content (AvgIpc) is 2.29. The van der Waals surface area contributed by atoms with Gasteiger partial charge in [-0.2, -0.15) is 0 Å². The predicted molar refractivity (Wildman–Crippen MR) is 62.0 cm³/mol. The third-order valence-electron chi connectivity index (χ3n) is 2.01. The van der Waals surface area contributed by atoms with Crippen LogP contribution in [0.3, 0.4) is 0 Å². The van der Waals surface area contributed by atoms with Gasteiger partial charge in [0.2, 0.25) is 5.91 Å². The van der Waals surface area contributed by atoms with Crippen molar-refractivity contribution < 1.29 is 19.1 Å². The van der Waals surface area contributed by atoms with Crippen LogP contribution in [0.15, 0.2) is 24.3 Å². The van der Waals surface area contributed by atoms with E-state index in [1.54, 1.807) is 6.92 Å². The zero-order valence-electron chi connectivity index (χ0n) is 9.24. The third-order valence-corrected chi connectivity index (χ3v) is 2.01. The number of benzene rings is 1. The number of halogens is 1. The minimum Gasteiger partial charge on any atom is -0.478 e. The van der Waals surface area contributed by atoms with Crippen LogP contribution in [0.1, 0.15) is 18.9 Å². The van der Waals surface area contributed by atoms with Gasteiger partial charge in [-0.3, -0.25) is 4.79 Å². The summed E-state index contributed by atoms with van der Waals surface area (Å²) < 4.78 is 13.5. The largest absolute Gasteiger partial charge is 0.478 e. The summed E-state index contributed by atoms with van der Waals surface area (Å²) in [5.74, 6) is -1.98. The van der Waals surface area contributed by atoms with Crippen molar-refractivity contribution in [1.82, 2.24) is 0 Å². The van der Waals surface area contributed by atoms with Gasteiger partial charge in [-0.1, -0.05) is 13.0 Å². The maximum atomic E-state index is 13.5. The van der Waals surface area contributed by atoms with Gasteiger partial charge in [-0.15, -0.1) is 0 Å². The lowest BCUT2D eigenvalue weighted by molar-refractivity contribution is -0.131. The van der Waals surface area contributed by atoms with Gasteiger partial charge in [0.15, 0.2) is 0 Å². The summed E-state index contributed by atoms with van der Waals surface area (Å²) in [4.78, 5) is 21.3. The number of hydrogen-bond donors (Lipinski definition) is 2. The fourth-order valence-electron chi connectivity index (χ4n) is 1.14. The molecule has 17 heavy (non-hydrogen) atoms. The minimum atomic E-state index is -1.10. The first-order valence-electron chi connectivity index (χ1n) is 5.03. The standard InChI is InChI=1S/C12H12FNO3/c1-2-11(15)14-10-5-3-8(7-9(10)13)4-6-12(16)17/h3-7H,2H2,1H3,(H,14,15)(H,16,17). The van der Waals surface area contributed by atoms with E-state index in [4.69, 9.17) is 5.11 Å². The Balaban J connectivity index is 2.86. The Bertz CT molecular complexity index is 469. The van der Waals surface area contributed by atoms with Crippen molar-refractivity contribution in [1.29, 1.82) is 0 Å². The molecule has 0 saturated carbocycles. The van der Waals surface area contributed by atoms with Crippen LogP contribution >= 0.6 is 0 Å². The van der Waals surface area contributed by atoms with Crippen LogP contribution in [0.5, 0.6) is 0 Å². The normalized spacial score (nSPS) is 10.5. The SMILES string of the molecule is CCC(=O)Nc1ccc(C=CC(=O)O)cc1F. The molecule has 4 nitrogen and oxygen atoms in total. The van der Waals surface area contributed by atoms with E-state index in [0.29, 0.717) is 5.56 Å². The van der Waals surface area contributed by atoms with E-state index in [1.165, 1.54) is 18.2 Å². The molecule has 0 aliphatic carbocycles. The average molecular weight is 237 g/mol. The fraction of sp³-hybridized carbons (Fsp3) is 0.167. The Morgan fingerprint density at radius 2 is 2.18 bits per heavy atom. The Kier molecular flexibility index (Phi) is 4.39. The molecule has 1 aromatic carbocycles. The zero-order chi connectivity index (χ0) is 12.8. The number of nitrogens with one attached hydrogen (secondary N) is 1. The van der Waals surface area contributed by atoms with Crippen molar-refractivity contribution in [2.24, 2.45) is 0 Å². The van der Waals surface area contributed by atoms with E-state index in [1.807, 2.05) is 0 Å². The lowest BCUT2D eigenvalue weighted by Crippen LogP contribution is -2.10. The molecule has 0 radical (unpaired) electrons. The van der Waals surface area contributed by atoms with E-state index in [0.717, 1.165) is 12.1 Å². The molecule has 0 unspecified atom stereocenters. The number of rotatable bonds is 4. The van der Waals surface area contributed by atoms with E-state index < -0.39 is 11.8 Å². The number of carbonyl (C=O) groups excluding carboxylic acids is 1. The number of anilines is 1. The second kappa shape index (κ2) is 5.79. The number of aliphatic carboxylic acids is 1. The molecule has 90 valence electrons. The van der Waals surface area contributed by atoms with Crippen LogP contribution < -0.4 is 5.32 Å². The van der Waals surface area contributed by atoms with Crippen LogP contribution in [0.4, 0.5) is 10.1 Å². The highest BCUT2D eigenvalue weighted by atomic mass is 19.1. The molecular weight excluding hydrogens is 225 g/mol. The van der Waals surface area contributed by atoms with Crippen molar-refractivity contribution in [2.75, 3.05) is 5.32 Å². The van der Waals surface area contributed by atoms with Crippen molar-refractivity contribution >= 4 is 23.6 Å². The Hall–Kier alpha value is -2.17. The van der Waals surface area contributed by atoms with Gasteiger partial charge in [0.1, 0.15) is 5.82 Å². The molecule has 0 aliphatic rings. The highest BCUT2D eigenvalue weighted by Gasteiger charge is 2.05. The quantitative estimate of drug-likeness (QED) is 0.789. The second-order valence-electron chi connectivity index (χ2n) is 3.31. The first-order chi connectivity index (χ1) is 8.02. The Labute approximate surface area is 97.8 Å². The maximum absolute atomic E-state index is 13.5. The van der Waals surface area contributed by atoms with E-state index in [2.05, 4.69) is 5.32 Å². The molecule has 0 saturated heterocycles. The van der Waals surface area contributed by atoms with E-state index in [-0.39, 0.29) is 18.0 Å². The molecule has 0 heterocycles. The fourth-order valence-corrected chi connectivity index (χ4v) is 1.14. The first-order valence-corrected chi connectivity index (χ1v) is 5.03. The van der Waals surface area contributed by atoms with Gasteiger partial charge < -0.3 is 10.4 Å². The van der Waals surface area contributed by atoms with Gasteiger partial charge in [-0.25, -0.2) is 9.18 Å². The summed E-state index contributed by atoms with van der Waals surface area (Å²) >= 11 is 0. The van der Waals surface area contributed by atoms with Gasteiger partial charge in [0.05, 0.1) is 5.69 Å². The summed E-state index contributed by atoms with van der Waals surface area (Å²) in [6.07, 6.45) is 2.45. The minimum absolute atomic E-state index is 0.0873. The summed E-state index contributed by atoms with van der Waals surface area (Å²) in [6.45, 7) is 1.66. The molecule has 0 spiro atoms. The lowest BCUT2D eigenvalue weighted by Gasteiger charge is -2.05. The zero-order valence-corrected chi connectivity index (χ0v) is 9.24. The summed E-state index contributed by atoms with van der Waals surface area (Å²) in [5, 5.41) is 10.8. The van der Waals surface area contributed by atoms with E-state index >= 15 is 0 Å². The van der Waals surface area contributed by atoms with Crippen LogP contribution in [0.2, 0.25) is 0 Å². The number of carboxylic acids is 1. The smallest absolute Gasteiger partial charge is 0.328 e. The Morgan fingerprint density at radius 3 is 2.71 bits per heavy atom. The van der Waals surface area contributed by atoms with Crippen LogP contribution in [0.25, 0.3) is 6.08 Å². The van der Waals surface area contributed by atoms with Gasteiger partial charge in [0.25, 0.3) is 0 Å². The number of hydrogen-bond acceptors (Lipinski definition) is 2. The molecule has 0 aromatic heterocycles. The Morgan fingerprint density at radius 1 is 1.47 bits per heavy atom. The molecular formula is C12H12FNO3. The number of amides is 1. The van der Waals surface area contributed by atoms with Crippen LogP contribution in [-0.4, -0.2) is 17.0 Å². The van der Waals surface area contributed by atoms with Gasteiger partial charge in [0, 0.05) is 12.5 Å². The third kappa shape index (κ3) is 4.06. The van der Waals surface area contributed by atoms with Gasteiger partial charge >= 0.3 is 5.97 Å². The van der Waals surface area contributed by atoms with Crippen molar-refractivity contribution in [3.63, 3.8) is 0 Å². The number of carbonyl (C=O) groups is 2. The summed E-state index contributed by atoms with van der Waals surface area (Å²) in [7, 11) is 0. The van der Waals surface area contributed by atoms with E-state index in [9.17, 15) is 14.0 Å². The topological polar surface area (TPSA) is 66.4 Å². The molecule has 5 heteroatoms. The summed E-state index contributed by atoms with van der Waals surface area (Å²) in [6, 6.07) is 4.07. The lowest BCUT2D eigenvalue weighted by atomic mass is 10.2. The van der Waals surface area contributed by atoms with Crippen LogP contribution in [0, 0.1) is 5.82 Å². The molecule has 0 aliphatic heterocycles. The molecule has 0 bridgehead atoms. The summed E-state index contributed by atoms with van der Waals surface area (Å²) in [5.41, 5.74) is 0.503. The van der Waals surface area contributed by atoms with Crippen molar-refractivity contribution in [3.05, 3.63) is 35.7 Å². The first kappa shape index (κ1) is 12.9. The van der Waals surface area contributed by atoms with Crippen molar-refractivity contribution in [2.45, 2.75) is 13.3 Å². The highest BCUT2D eigenvalue weighted by Crippen LogP contribution is 2.16. The predicted octanol–water partition coefficient (Wildman–Crippen LogP) is 2.27. The molecule has 2 N–H and O–H groups in total. The van der Waals surface area contributed by atoms with Crippen LogP contribution in [-0.2, 0) is 9.59 Å². The number of carboxylic acid groups (broad SMARTS) is 1. The highest BCUT2D eigenvalue weighted by molar-refractivity contribution is 5.91. The monoisotopic (exact) mass is 237 g/mol. The van der Waals surface area contributed by atoms with Gasteiger partial charge in [-0.05, 0) is 23.8 Å². The maximum Gasteiger partial charge on any atom is 0.328 e. The van der Waals surface area contributed by atoms with Crippen molar-refractivity contribution in [3.8, 4) is 0 Å².